The first kappa shape index (κ1) is 21.2. The average molecular weight is 500 g/mol. The summed E-state index contributed by atoms with van der Waals surface area (Å²) in [5.41, 5.74) is 2.04. The number of anilines is 1. The number of aromatic nitrogens is 3. The van der Waals surface area contributed by atoms with Gasteiger partial charge in [-0.05, 0) is 59.7 Å². The molecule has 0 radical (unpaired) electrons. The number of hydrogen-bond acceptors (Lipinski definition) is 6. The van der Waals surface area contributed by atoms with Crippen molar-refractivity contribution in [3.05, 3.63) is 41.0 Å². The zero-order valence-corrected chi connectivity index (χ0v) is 19.3. The van der Waals surface area contributed by atoms with Gasteiger partial charge in [-0.15, -0.1) is 0 Å². The third kappa shape index (κ3) is 4.19. The quantitative estimate of drug-likeness (QED) is 0.556. The van der Waals surface area contributed by atoms with Gasteiger partial charge in [0.05, 0.1) is 16.4 Å². The fraction of sp³-hybridized carbons (Fsp3) is 0.435. The van der Waals surface area contributed by atoms with E-state index < -0.39 is 0 Å². The summed E-state index contributed by atoms with van der Waals surface area (Å²) in [7, 11) is 0. The van der Waals surface area contributed by atoms with Gasteiger partial charge in [0.2, 0.25) is 0 Å². The molecule has 0 spiro atoms. The summed E-state index contributed by atoms with van der Waals surface area (Å²) in [6, 6.07) is 9.10. The molecule has 1 amide bonds. The zero-order chi connectivity index (χ0) is 22.1. The highest BCUT2D eigenvalue weighted by Gasteiger charge is 2.30. The molecule has 0 aliphatic carbocycles. The van der Waals surface area contributed by atoms with E-state index >= 15 is 0 Å². The van der Waals surface area contributed by atoms with Gasteiger partial charge in [0, 0.05) is 37.9 Å². The highest BCUT2D eigenvalue weighted by Crippen LogP contribution is 2.31. The van der Waals surface area contributed by atoms with E-state index in [-0.39, 0.29) is 17.8 Å². The van der Waals surface area contributed by atoms with Gasteiger partial charge >= 0.3 is 0 Å². The number of para-hydroxylation sites is 1. The van der Waals surface area contributed by atoms with Crippen LogP contribution < -0.4 is 5.32 Å². The minimum Gasteiger partial charge on any atom is -0.507 e. The van der Waals surface area contributed by atoms with Gasteiger partial charge in [-0.25, -0.2) is 4.98 Å². The monoisotopic (exact) mass is 499 g/mol. The van der Waals surface area contributed by atoms with Gasteiger partial charge in [0.25, 0.3) is 5.91 Å². The highest BCUT2D eigenvalue weighted by molar-refractivity contribution is 9.10. The molecule has 2 N–H and O–H groups in total. The number of fused-ring (bicyclic) bond motifs is 1. The Bertz CT molecular complexity index is 1120. The molecule has 32 heavy (non-hydrogen) atoms. The number of halogens is 1. The Morgan fingerprint density at radius 1 is 1.25 bits per heavy atom. The van der Waals surface area contributed by atoms with E-state index in [1.165, 1.54) is 0 Å². The summed E-state index contributed by atoms with van der Waals surface area (Å²) in [6.45, 7) is 3.02. The van der Waals surface area contributed by atoms with E-state index in [2.05, 4.69) is 31.3 Å². The predicted octanol–water partition coefficient (Wildman–Crippen LogP) is 3.69. The van der Waals surface area contributed by atoms with E-state index in [0.717, 1.165) is 55.6 Å². The van der Waals surface area contributed by atoms with Gasteiger partial charge < -0.3 is 20.1 Å². The maximum absolute atomic E-state index is 12.6. The number of ether oxygens (including phenoxy) is 1. The number of piperidine rings is 1. The minimum absolute atomic E-state index is 0.151. The Kier molecular flexibility index (Phi) is 6.01. The molecule has 168 valence electrons. The molecule has 1 unspecified atom stereocenters. The smallest absolute Gasteiger partial charge is 0.251 e. The number of likely N-dealkylation sites (tertiary alicyclic amines) is 1. The Balaban J connectivity index is 1.28. The van der Waals surface area contributed by atoms with E-state index in [4.69, 9.17) is 4.74 Å². The number of benzene rings is 1. The Morgan fingerprint density at radius 2 is 2.06 bits per heavy atom. The highest BCUT2D eigenvalue weighted by atomic mass is 79.9. The first-order valence-electron chi connectivity index (χ1n) is 11.1. The maximum Gasteiger partial charge on any atom is 0.251 e. The summed E-state index contributed by atoms with van der Waals surface area (Å²) in [5.74, 6) is 1.61. The number of nitrogens with one attached hydrogen (secondary N) is 1. The van der Waals surface area contributed by atoms with Crippen LogP contribution in [0.2, 0.25) is 0 Å². The fourth-order valence-electron chi connectivity index (χ4n) is 4.47. The van der Waals surface area contributed by atoms with Crippen LogP contribution in [0.3, 0.4) is 0 Å². The molecular formula is C23H26BrN5O3. The summed E-state index contributed by atoms with van der Waals surface area (Å²) >= 11 is 3.52. The lowest BCUT2D eigenvalue weighted by atomic mass is 9.96. The number of amides is 1. The van der Waals surface area contributed by atoms with Crippen LogP contribution in [0.15, 0.2) is 41.0 Å². The summed E-state index contributed by atoms with van der Waals surface area (Å²) in [4.78, 5) is 19.2. The SMILES string of the molecule is O=C(C1CCCO1)N1CCC(CNc2cc(-c3ccccc3O)nc3c(Br)cnn23)CC1. The van der Waals surface area contributed by atoms with Crippen molar-refractivity contribution in [1.82, 2.24) is 19.5 Å². The largest absolute Gasteiger partial charge is 0.507 e. The molecule has 2 fully saturated rings. The van der Waals surface area contributed by atoms with Crippen LogP contribution in [0.4, 0.5) is 5.82 Å². The number of phenolic OH excluding ortho intramolecular Hbond substituents is 1. The van der Waals surface area contributed by atoms with Crippen LogP contribution in [-0.4, -0.2) is 62.9 Å². The first-order chi connectivity index (χ1) is 15.6. The van der Waals surface area contributed by atoms with Crippen molar-refractivity contribution < 1.29 is 14.6 Å². The van der Waals surface area contributed by atoms with Crippen molar-refractivity contribution >= 4 is 33.3 Å². The molecule has 2 aliphatic rings. The molecule has 0 saturated carbocycles. The molecule has 1 aromatic carbocycles. The lowest BCUT2D eigenvalue weighted by Crippen LogP contribution is -2.44. The Morgan fingerprint density at radius 3 is 2.81 bits per heavy atom. The van der Waals surface area contributed by atoms with Gasteiger partial charge in [-0.3, -0.25) is 4.79 Å². The minimum atomic E-state index is -0.235. The summed E-state index contributed by atoms with van der Waals surface area (Å²) in [6.07, 6.45) is 5.21. The van der Waals surface area contributed by atoms with E-state index in [0.29, 0.717) is 29.4 Å². The number of carbonyl (C=O) groups excluding carboxylic acids is 1. The van der Waals surface area contributed by atoms with Gasteiger partial charge in [0.15, 0.2) is 5.65 Å². The lowest BCUT2D eigenvalue weighted by molar-refractivity contribution is -0.142. The predicted molar refractivity (Wildman–Crippen MR) is 125 cm³/mol. The van der Waals surface area contributed by atoms with Gasteiger partial charge in [-0.2, -0.15) is 9.61 Å². The fourth-order valence-corrected chi connectivity index (χ4v) is 4.82. The standard InChI is InChI=1S/C23H26BrN5O3/c24-17-14-26-29-21(12-18(27-22(17)29)16-4-1-2-5-19(16)30)25-13-15-7-9-28(10-8-15)23(31)20-6-3-11-32-20/h1-2,4-5,12,14-15,20,25,30H,3,6-11,13H2. The third-order valence-corrected chi connectivity index (χ3v) is 6.87. The number of nitrogens with zero attached hydrogens (tertiary/aromatic N) is 4. The number of rotatable bonds is 5. The average Bonchev–Trinajstić information content (AvgIpc) is 3.48. The van der Waals surface area contributed by atoms with Crippen molar-refractivity contribution in [2.45, 2.75) is 31.8 Å². The molecule has 8 nitrogen and oxygen atoms in total. The number of phenols is 1. The lowest BCUT2D eigenvalue weighted by Gasteiger charge is -2.33. The van der Waals surface area contributed by atoms with E-state index in [1.807, 2.05) is 23.1 Å². The molecule has 2 aliphatic heterocycles. The number of carbonyl (C=O) groups is 1. The Labute approximate surface area is 194 Å². The van der Waals surface area contributed by atoms with Crippen LogP contribution in [0, 0.1) is 5.92 Å². The van der Waals surface area contributed by atoms with Crippen LogP contribution in [0.5, 0.6) is 5.75 Å². The number of aromatic hydroxyl groups is 1. The van der Waals surface area contributed by atoms with Crippen molar-refractivity contribution in [1.29, 1.82) is 0 Å². The first-order valence-corrected chi connectivity index (χ1v) is 11.9. The second-order valence-electron chi connectivity index (χ2n) is 8.42. The summed E-state index contributed by atoms with van der Waals surface area (Å²) < 4.78 is 8.12. The van der Waals surface area contributed by atoms with Crippen molar-refractivity contribution in [3.8, 4) is 17.0 Å². The zero-order valence-electron chi connectivity index (χ0n) is 17.7. The van der Waals surface area contributed by atoms with Crippen LogP contribution in [0.25, 0.3) is 16.9 Å². The van der Waals surface area contributed by atoms with Gasteiger partial charge in [0.1, 0.15) is 17.7 Å². The molecule has 2 aromatic heterocycles. The molecule has 0 bridgehead atoms. The van der Waals surface area contributed by atoms with Gasteiger partial charge in [-0.1, -0.05) is 12.1 Å². The molecule has 2 saturated heterocycles. The molecule has 3 aromatic rings. The van der Waals surface area contributed by atoms with Crippen molar-refractivity contribution in [2.24, 2.45) is 5.92 Å². The van der Waals surface area contributed by atoms with E-state index in [9.17, 15) is 9.90 Å². The summed E-state index contributed by atoms with van der Waals surface area (Å²) in [5, 5.41) is 18.3. The molecule has 1 atom stereocenters. The van der Waals surface area contributed by atoms with Crippen LogP contribution in [-0.2, 0) is 9.53 Å². The number of hydrogen-bond donors (Lipinski definition) is 2. The molecule has 9 heteroatoms. The Hall–Kier alpha value is -2.65. The van der Waals surface area contributed by atoms with Crippen molar-refractivity contribution in [3.63, 3.8) is 0 Å². The third-order valence-electron chi connectivity index (χ3n) is 6.31. The van der Waals surface area contributed by atoms with Crippen LogP contribution >= 0.6 is 15.9 Å². The maximum atomic E-state index is 12.6. The molecule has 5 rings (SSSR count). The topological polar surface area (TPSA) is 92.0 Å². The second kappa shape index (κ2) is 9.07. The van der Waals surface area contributed by atoms with Crippen LogP contribution in [0.1, 0.15) is 25.7 Å². The second-order valence-corrected chi connectivity index (χ2v) is 9.28. The van der Waals surface area contributed by atoms with E-state index in [1.54, 1.807) is 22.8 Å². The normalized spacial score (nSPS) is 19.5. The molecular weight excluding hydrogens is 474 g/mol. The van der Waals surface area contributed by atoms with Crippen molar-refractivity contribution in [2.75, 3.05) is 31.6 Å². The molecule has 4 heterocycles.